The highest BCUT2D eigenvalue weighted by Crippen LogP contribution is 2.48. The molecule has 1 unspecified atom stereocenters. The van der Waals surface area contributed by atoms with Gasteiger partial charge in [-0.15, -0.1) is 0 Å². The van der Waals surface area contributed by atoms with Crippen LogP contribution < -0.4 is 5.32 Å². The molecular formula is C24H24Cl3F3N2O2. The van der Waals surface area contributed by atoms with Crippen molar-refractivity contribution < 1.29 is 22.7 Å². The van der Waals surface area contributed by atoms with Gasteiger partial charge in [0.15, 0.2) is 0 Å². The fraction of sp³-hybridized carbons (Fsp3) is 0.417. The van der Waals surface area contributed by atoms with Crippen molar-refractivity contribution in [2.24, 2.45) is 4.99 Å². The summed E-state index contributed by atoms with van der Waals surface area (Å²) in [6.45, 7) is 6.49. The number of rotatable bonds is 4. The fourth-order valence-electron chi connectivity index (χ4n) is 3.75. The molecule has 0 saturated heterocycles. The van der Waals surface area contributed by atoms with Crippen LogP contribution in [0.25, 0.3) is 0 Å². The van der Waals surface area contributed by atoms with Crippen LogP contribution in [0.5, 0.6) is 0 Å². The van der Waals surface area contributed by atoms with Gasteiger partial charge in [-0.1, -0.05) is 59.1 Å². The molecule has 0 bridgehead atoms. The Morgan fingerprint density at radius 1 is 1.09 bits per heavy atom. The third-order valence-electron chi connectivity index (χ3n) is 5.57. The minimum Gasteiger partial charge on any atom is -0.444 e. The maximum absolute atomic E-state index is 14.4. The van der Waals surface area contributed by atoms with Crippen LogP contribution in [0.2, 0.25) is 15.1 Å². The van der Waals surface area contributed by atoms with E-state index in [-0.39, 0.29) is 32.8 Å². The van der Waals surface area contributed by atoms with E-state index in [1.807, 2.05) is 0 Å². The summed E-state index contributed by atoms with van der Waals surface area (Å²) in [6, 6.07) is 8.46. The van der Waals surface area contributed by atoms with Gasteiger partial charge in [0.1, 0.15) is 11.0 Å². The summed E-state index contributed by atoms with van der Waals surface area (Å²) in [4.78, 5) is 16.2. The van der Waals surface area contributed by atoms with Crippen molar-refractivity contribution in [2.75, 3.05) is 6.54 Å². The zero-order valence-electron chi connectivity index (χ0n) is 19.0. The third-order valence-corrected chi connectivity index (χ3v) is 6.76. The Morgan fingerprint density at radius 3 is 2.15 bits per heavy atom. The highest BCUT2D eigenvalue weighted by atomic mass is 35.5. The number of hydrogen-bond acceptors (Lipinski definition) is 3. The van der Waals surface area contributed by atoms with E-state index in [9.17, 15) is 18.0 Å². The Kier molecular flexibility index (Phi) is 7.52. The smallest absolute Gasteiger partial charge is 0.408 e. The molecule has 4 nitrogen and oxygen atoms in total. The molecule has 0 spiro atoms. The van der Waals surface area contributed by atoms with Gasteiger partial charge in [0.05, 0.1) is 27.7 Å². The van der Waals surface area contributed by atoms with Crippen LogP contribution in [0.4, 0.5) is 18.0 Å². The number of carbonyl (C=O) groups excluding carboxylic acids is 1. The number of amides is 1. The number of aliphatic imine (C=N–C) groups is 1. The van der Waals surface area contributed by atoms with Crippen molar-refractivity contribution in [1.29, 1.82) is 0 Å². The van der Waals surface area contributed by atoms with E-state index >= 15 is 0 Å². The van der Waals surface area contributed by atoms with Crippen molar-refractivity contribution >= 4 is 46.6 Å². The molecule has 2 atom stereocenters. The first-order valence-corrected chi connectivity index (χ1v) is 11.6. The number of halogens is 6. The molecule has 1 N–H and O–H groups in total. The van der Waals surface area contributed by atoms with Crippen LogP contribution in [0.15, 0.2) is 41.4 Å². The predicted molar refractivity (Wildman–Crippen MR) is 129 cm³/mol. The number of hydrogen-bond donors (Lipinski definition) is 1. The van der Waals surface area contributed by atoms with Gasteiger partial charge in [0.2, 0.25) is 0 Å². The highest BCUT2D eigenvalue weighted by Gasteiger charge is 2.58. The monoisotopic (exact) mass is 534 g/mol. The van der Waals surface area contributed by atoms with E-state index in [1.165, 1.54) is 24.3 Å². The molecule has 0 aromatic heterocycles. The molecule has 2 aromatic rings. The van der Waals surface area contributed by atoms with Gasteiger partial charge in [-0.3, -0.25) is 4.99 Å². The van der Waals surface area contributed by atoms with Crippen LogP contribution >= 0.6 is 34.8 Å². The summed E-state index contributed by atoms with van der Waals surface area (Å²) in [6.07, 6.45) is -5.53. The number of benzene rings is 2. The standard InChI is InChI=1S/C24H24Cl3F3N2O2/c1-13(32-21(33)34-22(2,3)4)14-5-7-16(8-6-14)23(24(28,29)30)11-19(31-12-23)15-9-17(25)20(27)18(26)10-15/h5-10,13H,11-12H2,1-4H3,(H,32,33)/t13-,23?/m0/s1. The lowest BCUT2D eigenvalue weighted by Crippen LogP contribution is -2.43. The maximum atomic E-state index is 14.4. The van der Waals surface area contributed by atoms with E-state index in [0.29, 0.717) is 11.1 Å². The molecule has 3 rings (SSSR count). The third kappa shape index (κ3) is 5.64. The maximum Gasteiger partial charge on any atom is 0.408 e. The average Bonchev–Trinajstić information content (AvgIpc) is 3.17. The van der Waals surface area contributed by atoms with Gasteiger partial charge < -0.3 is 10.1 Å². The molecule has 1 heterocycles. The van der Waals surface area contributed by atoms with Gasteiger partial charge in [-0.2, -0.15) is 13.2 Å². The Morgan fingerprint density at radius 2 is 1.65 bits per heavy atom. The van der Waals surface area contributed by atoms with Crippen molar-refractivity contribution in [2.45, 2.75) is 57.3 Å². The molecule has 1 aliphatic heterocycles. The van der Waals surface area contributed by atoms with Gasteiger partial charge in [-0.05, 0) is 56.5 Å². The van der Waals surface area contributed by atoms with Crippen LogP contribution in [0.3, 0.4) is 0 Å². The van der Waals surface area contributed by atoms with Gasteiger partial charge in [0.25, 0.3) is 0 Å². The number of alkyl halides is 3. The molecule has 2 aromatic carbocycles. The molecule has 1 aliphatic rings. The molecular weight excluding hydrogens is 512 g/mol. The van der Waals surface area contributed by atoms with Crippen molar-refractivity contribution in [3.05, 3.63) is 68.2 Å². The Labute approximate surface area is 211 Å². The summed E-state index contributed by atoms with van der Waals surface area (Å²) >= 11 is 18.1. The Hall–Kier alpha value is -1.96. The Bertz CT molecular complexity index is 1090. The Balaban J connectivity index is 1.84. The normalized spacial score (nSPS) is 19.5. The molecule has 0 radical (unpaired) electrons. The second-order valence-electron chi connectivity index (χ2n) is 9.26. The minimum atomic E-state index is -4.56. The first-order valence-electron chi connectivity index (χ1n) is 10.5. The molecule has 0 saturated carbocycles. The SMILES string of the molecule is C[C@H](NC(=O)OC(C)(C)C)c1ccc(C2(C(F)(F)F)CN=C(c3cc(Cl)c(Cl)c(Cl)c3)C2)cc1. The highest BCUT2D eigenvalue weighted by molar-refractivity contribution is 6.48. The average molecular weight is 536 g/mol. The molecule has 0 fully saturated rings. The van der Waals surface area contributed by atoms with Gasteiger partial charge in [0, 0.05) is 12.1 Å². The first kappa shape index (κ1) is 26.6. The minimum absolute atomic E-state index is 0.0816. The summed E-state index contributed by atoms with van der Waals surface area (Å²) in [7, 11) is 0. The topological polar surface area (TPSA) is 50.7 Å². The van der Waals surface area contributed by atoms with Crippen LogP contribution in [-0.2, 0) is 10.2 Å². The van der Waals surface area contributed by atoms with E-state index in [0.717, 1.165) is 0 Å². The number of nitrogens with one attached hydrogen (secondary N) is 1. The number of alkyl carbamates (subject to hydrolysis) is 1. The zero-order valence-corrected chi connectivity index (χ0v) is 21.3. The second-order valence-corrected chi connectivity index (χ2v) is 10.5. The van der Waals surface area contributed by atoms with Crippen LogP contribution in [-0.4, -0.2) is 30.1 Å². The largest absolute Gasteiger partial charge is 0.444 e. The summed E-state index contributed by atoms with van der Waals surface area (Å²) in [5, 5.41) is 3.11. The second kappa shape index (κ2) is 9.59. The first-order chi connectivity index (χ1) is 15.6. The zero-order chi connectivity index (χ0) is 25.5. The summed E-state index contributed by atoms with van der Waals surface area (Å²) < 4.78 is 48.4. The van der Waals surface area contributed by atoms with E-state index in [1.54, 1.807) is 39.8 Å². The van der Waals surface area contributed by atoms with Crippen LogP contribution in [0.1, 0.15) is 56.8 Å². The van der Waals surface area contributed by atoms with Crippen LogP contribution in [0, 0.1) is 0 Å². The lowest BCUT2D eigenvalue weighted by molar-refractivity contribution is -0.183. The molecule has 34 heavy (non-hydrogen) atoms. The molecule has 1 amide bonds. The van der Waals surface area contributed by atoms with Crippen molar-refractivity contribution in [3.8, 4) is 0 Å². The van der Waals surface area contributed by atoms with Gasteiger partial charge in [-0.25, -0.2) is 4.79 Å². The molecule has 0 aliphatic carbocycles. The lowest BCUT2D eigenvalue weighted by atomic mass is 9.76. The summed E-state index contributed by atoms with van der Waals surface area (Å²) in [5.74, 6) is 0. The van der Waals surface area contributed by atoms with E-state index in [2.05, 4.69) is 10.3 Å². The number of carbonyl (C=O) groups is 1. The quantitative estimate of drug-likeness (QED) is 0.404. The number of nitrogens with zero attached hydrogens (tertiary/aromatic N) is 1. The van der Waals surface area contributed by atoms with Crippen molar-refractivity contribution in [3.63, 3.8) is 0 Å². The van der Waals surface area contributed by atoms with Crippen molar-refractivity contribution in [1.82, 2.24) is 5.32 Å². The number of ether oxygens (including phenoxy) is 1. The lowest BCUT2D eigenvalue weighted by Gasteiger charge is -2.32. The predicted octanol–water partition coefficient (Wildman–Crippen LogP) is 7.93. The molecule has 184 valence electrons. The summed E-state index contributed by atoms with van der Waals surface area (Å²) in [5.41, 5.74) is -1.48. The fourth-order valence-corrected chi connectivity index (χ4v) is 4.35. The van der Waals surface area contributed by atoms with E-state index < -0.39 is 35.9 Å². The molecule has 10 heteroatoms. The van der Waals surface area contributed by atoms with Gasteiger partial charge >= 0.3 is 12.3 Å². The van der Waals surface area contributed by atoms with E-state index in [4.69, 9.17) is 39.5 Å².